The molecule has 2 aromatic carbocycles. The molecule has 0 amide bonds. The fourth-order valence-corrected chi connectivity index (χ4v) is 3.26. The van der Waals surface area contributed by atoms with Gasteiger partial charge in [0.2, 0.25) is 0 Å². The number of ketones is 1. The van der Waals surface area contributed by atoms with Gasteiger partial charge in [0.05, 0.1) is 24.8 Å². The number of hydrogen-bond donors (Lipinski definition) is 3. The quantitative estimate of drug-likeness (QED) is 0.531. The number of ether oxygens (including phenoxy) is 1. The first-order valence-corrected chi connectivity index (χ1v) is 8.75. The molecule has 3 atom stereocenters. The number of allylic oxidation sites excluding steroid dienone is 1. The highest BCUT2D eigenvalue weighted by atomic mass is 16.5. The Balaban J connectivity index is 1.74. The summed E-state index contributed by atoms with van der Waals surface area (Å²) in [4.78, 5) is 14.1. The first-order valence-electron chi connectivity index (χ1n) is 8.75. The van der Waals surface area contributed by atoms with Crippen molar-refractivity contribution in [2.75, 3.05) is 13.7 Å². The lowest BCUT2D eigenvalue weighted by atomic mass is 10.0. The van der Waals surface area contributed by atoms with Crippen LogP contribution < -0.4 is 4.74 Å². The number of carbonyl (C=O) groups is 1. The Morgan fingerprint density at radius 1 is 1.19 bits per heavy atom. The number of para-hydroxylation sites is 1. The Kier molecular flexibility index (Phi) is 5.78. The lowest BCUT2D eigenvalue weighted by Gasteiger charge is -2.24. The van der Waals surface area contributed by atoms with Crippen LogP contribution in [0.25, 0.3) is 0 Å². The number of phenolic OH excluding ortho intramolecular Hbond substituents is 1. The molecule has 142 valence electrons. The summed E-state index contributed by atoms with van der Waals surface area (Å²) in [5.41, 5.74) is 1.19. The third kappa shape index (κ3) is 4.30. The van der Waals surface area contributed by atoms with E-state index < -0.39 is 12.2 Å². The molecule has 6 nitrogen and oxygen atoms in total. The van der Waals surface area contributed by atoms with Gasteiger partial charge in [0, 0.05) is 18.8 Å². The molecule has 2 aromatic rings. The van der Waals surface area contributed by atoms with Crippen molar-refractivity contribution in [1.29, 1.82) is 0 Å². The van der Waals surface area contributed by atoms with Crippen molar-refractivity contribution in [3.8, 4) is 11.5 Å². The van der Waals surface area contributed by atoms with E-state index in [1.54, 1.807) is 36.4 Å². The van der Waals surface area contributed by atoms with E-state index in [-0.39, 0.29) is 29.7 Å². The molecule has 0 spiro atoms. The third-order valence-corrected chi connectivity index (χ3v) is 4.80. The summed E-state index contributed by atoms with van der Waals surface area (Å²) in [5.74, 6) is 0.325. The summed E-state index contributed by atoms with van der Waals surface area (Å²) >= 11 is 0. The first kappa shape index (κ1) is 18.9. The number of aliphatic hydroxyl groups is 2. The molecule has 0 radical (unpaired) electrons. The van der Waals surface area contributed by atoms with Crippen molar-refractivity contribution < 1.29 is 24.9 Å². The molecule has 0 aromatic heterocycles. The Morgan fingerprint density at radius 3 is 2.56 bits per heavy atom. The van der Waals surface area contributed by atoms with Crippen molar-refractivity contribution in [3.05, 3.63) is 71.9 Å². The third-order valence-electron chi connectivity index (χ3n) is 4.80. The topological polar surface area (TPSA) is 90.2 Å². The number of nitrogens with zero attached hydrogens (tertiary/aromatic N) is 1. The number of carbonyl (C=O) groups excluding carboxylic acids is 1. The second-order valence-electron chi connectivity index (χ2n) is 6.57. The fraction of sp³-hybridized carbons (Fsp3) is 0.286. The summed E-state index contributed by atoms with van der Waals surface area (Å²) in [6.07, 6.45) is 1.62. The van der Waals surface area contributed by atoms with Gasteiger partial charge in [0.25, 0.3) is 0 Å². The number of aromatic hydroxyl groups is 1. The predicted molar refractivity (Wildman–Crippen MR) is 101 cm³/mol. The summed E-state index contributed by atoms with van der Waals surface area (Å²) in [6.45, 7) is 0.229. The Labute approximate surface area is 157 Å². The van der Waals surface area contributed by atoms with Crippen molar-refractivity contribution in [3.63, 3.8) is 0 Å². The Hall–Kier alpha value is -2.83. The molecule has 27 heavy (non-hydrogen) atoms. The van der Waals surface area contributed by atoms with Crippen LogP contribution in [0.4, 0.5) is 0 Å². The highest BCUT2D eigenvalue weighted by Crippen LogP contribution is 2.24. The highest BCUT2D eigenvalue weighted by molar-refractivity contribution is 6.06. The van der Waals surface area contributed by atoms with Gasteiger partial charge < -0.3 is 25.0 Å². The number of rotatable bonds is 6. The van der Waals surface area contributed by atoms with Crippen LogP contribution in [0.5, 0.6) is 11.5 Å². The standard InChI is InChI=1S/C21H23NO5/c1-27-15-8-6-14(7-9-15)12-17-21(26)20(25)13-22(17)11-10-19(24)16-4-2-3-5-18(16)23/h2-11,17,20-21,23,25-26H,12-13H2,1H3/b11-10+. The number of hydrogen-bond acceptors (Lipinski definition) is 6. The zero-order valence-electron chi connectivity index (χ0n) is 15.0. The molecule has 0 aliphatic carbocycles. The van der Waals surface area contributed by atoms with Crippen LogP contribution in [0.2, 0.25) is 0 Å². The smallest absolute Gasteiger partial charge is 0.190 e. The second kappa shape index (κ2) is 8.24. The number of likely N-dealkylation sites (tertiary alicyclic amines) is 1. The lowest BCUT2D eigenvalue weighted by molar-refractivity contribution is 0.0389. The van der Waals surface area contributed by atoms with Crippen molar-refractivity contribution in [1.82, 2.24) is 4.90 Å². The first-order chi connectivity index (χ1) is 13.0. The molecule has 6 heteroatoms. The number of phenols is 1. The predicted octanol–water partition coefficient (Wildman–Crippen LogP) is 1.75. The molecule has 1 saturated heterocycles. The van der Waals surface area contributed by atoms with Gasteiger partial charge in [0.1, 0.15) is 17.6 Å². The van der Waals surface area contributed by atoms with Crippen LogP contribution in [0.3, 0.4) is 0 Å². The van der Waals surface area contributed by atoms with Crippen LogP contribution >= 0.6 is 0 Å². The monoisotopic (exact) mass is 369 g/mol. The molecule has 1 heterocycles. The minimum atomic E-state index is -0.919. The molecule has 3 rings (SSSR count). The molecule has 1 fully saturated rings. The summed E-state index contributed by atoms with van der Waals surface area (Å²) < 4.78 is 5.15. The van der Waals surface area contributed by atoms with Crippen LogP contribution in [0.15, 0.2) is 60.8 Å². The Morgan fingerprint density at radius 2 is 1.89 bits per heavy atom. The van der Waals surface area contributed by atoms with E-state index in [0.717, 1.165) is 11.3 Å². The minimum absolute atomic E-state index is 0.0802. The molecule has 3 unspecified atom stereocenters. The van der Waals surface area contributed by atoms with E-state index in [4.69, 9.17) is 4.74 Å². The van der Waals surface area contributed by atoms with Gasteiger partial charge in [-0.1, -0.05) is 24.3 Å². The van der Waals surface area contributed by atoms with E-state index in [1.165, 1.54) is 12.1 Å². The molecular weight excluding hydrogens is 346 g/mol. The average Bonchev–Trinajstić information content (AvgIpc) is 2.94. The second-order valence-corrected chi connectivity index (χ2v) is 6.57. The number of benzene rings is 2. The zero-order chi connectivity index (χ0) is 19.4. The highest BCUT2D eigenvalue weighted by Gasteiger charge is 2.38. The van der Waals surface area contributed by atoms with Gasteiger partial charge in [-0.05, 0) is 36.2 Å². The van der Waals surface area contributed by atoms with Gasteiger partial charge in [-0.2, -0.15) is 0 Å². The van der Waals surface area contributed by atoms with Gasteiger partial charge in [-0.3, -0.25) is 4.79 Å². The van der Waals surface area contributed by atoms with Gasteiger partial charge in [-0.15, -0.1) is 0 Å². The normalized spacial score (nSPS) is 22.3. The average molecular weight is 369 g/mol. The summed E-state index contributed by atoms with van der Waals surface area (Å²) in [5, 5.41) is 30.2. The SMILES string of the molecule is COc1ccc(CC2C(O)C(O)CN2/C=C/C(=O)c2ccccc2O)cc1. The molecule has 3 N–H and O–H groups in total. The van der Waals surface area contributed by atoms with E-state index in [0.29, 0.717) is 6.42 Å². The van der Waals surface area contributed by atoms with E-state index in [9.17, 15) is 20.1 Å². The zero-order valence-corrected chi connectivity index (χ0v) is 15.0. The molecule has 1 aliphatic heterocycles. The van der Waals surface area contributed by atoms with E-state index >= 15 is 0 Å². The molecule has 1 aliphatic rings. The van der Waals surface area contributed by atoms with Gasteiger partial charge in [-0.25, -0.2) is 0 Å². The number of methoxy groups -OCH3 is 1. The van der Waals surface area contributed by atoms with Crippen molar-refractivity contribution in [2.45, 2.75) is 24.7 Å². The molecule has 0 saturated carbocycles. The molecular formula is C21H23NO5. The van der Waals surface area contributed by atoms with Crippen LogP contribution in [-0.4, -0.2) is 57.9 Å². The van der Waals surface area contributed by atoms with Gasteiger partial charge >= 0.3 is 0 Å². The Bertz CT molecular complexity index is 818. The molecule has 0 bridgehead atoms. The summed E-state index contributed by atoms with van der Waals surface area (Å²) in [6, 6.07) is 13.5. The largest absolute Gasteiger partial charge is 0.507 e. The van der Waals surface area contributed by atoms with Crippen LogP contribution in [0, 0.1) is 0 Å². The maximum Gasteiger partial charge on any atom is 0.190 e. The van der Waals surface area contributed by atoms with E-state index in [1.807, 2.05) is 24.3 Å². The maximum atomic E-state index is 12.3. The van der Waals surface area contributed by atoms with E-state index in [2.05, 4.69) is 0 Å². The fourth-order valence-electron chi connectivity index (χ4n) is 3.26. The lowest BCUT2D eigenvalue weighted by Crippen LogP contribution is -2.35. The maximum absolute atomic E-state index is 12.3. The number of β-amino-alcohol motifs (C(OH)–C–C–N with tert-alkyl or cyclic N) is 1. The van der Waals surface area contributed by atoms with Crippen molar-refractivity contribution >= 4 is 5.78 Å². The number of aliphatic hydroxyl groups excluding tert-OH is 2. The minimum Gasteiger partial charge on any atom is -0.507 e. The van der Waals surface area contributed by atoms with Gasteiger partial charge in [0.15, 0.2) is 5.78 Å². The van der Waals surface area contributed by atoms with Crippen LogP contribution in [0.1, 0.15) is 15.9 Å². The van der Waals surface area contributed by atoms with Crippen LogP contribution in [-0.2, 0) is 6.42 Å². The van der Waals surface area contributed by atoms with Crippen molar-refractivity contribution in [2.24, 2.45) is 0 Å². The summed E-state index contributed by atoms with van der Waals surface area (Å²) in [7, 11) is 1.60.